The first-order valence-electron chi connectivity index (χ1n) is 6.95. The fourth-order valence-electron chi connectivity index (χ4n) is 2.12. The molecule has 0 radical (unpaired) electrons. The molecule has 6 heteroatoms. The van der Waals surface area contributed by atoms with Gasteiger partial charge in [0.25, 0.3) is 0 Å². The third-order valence-corrected chi connectivity index (χ3v) is 3.24. The van der Waals surface area contributed by atoms with Crippen molar-refractivity contribution in [3.8, 4) is 0 Å². The Labute approximate surface area is 114 Å². The van der Waals surface area contributed by atoms with Crippen molar-refractivity contribution in [1.82, 2.24) is 16.0 Å². The molecule has 0 bridgehead atoms. The summed E-state index contributed by atoms with van der Waals surface area (Å²) < 4.78 is 4.83. The molecule has 0 aromatic rings. The van der Waals surface area contributed by atoms with Crippen molar-refractivity contribution in [2.45, 2.75) is 25.7 Å². The Hall–Kier alpha value is -1.14. The van der Waals surface area contributed by atoms with Crippen LogP contribution in [0.2, 0.25) is 0 Å². The first kappa shape index (κ1) is 15.9. The van der Waals surface area contributed by atoms with E-state index in [4.69, 9.17) is 4.74 Å². The molecule has 2 amide bonds. The molecule has 19 heavy (non-hydrogen) atoms. The lowest BCUT2D eigenvalue weighted by Crippen LogP contribution is -2.34. The van der Waals surface area contributed by atoms with Gasteiger partial charge in [0.05, 0.1) is 6.61 Å². The van der Waals surface area contributed by atoms with Gasteiger partial charge in [-0.3, -0.25) is 9.59 Å². The van der Waals surface area contributed by atoms with Crippen LogP contribution in [-0.2, 0) is 14.3 Å². The summed E-state index contributed by atoms with van der Waals surface area (Å²) in [4.78, 5) is 23.0. The maximum absolute atomic E-state index is 11.7. The normalized spacial score (nSPS) is 16.1. The van der Waals surface area contributed by atoms with Crippen molar-refractivity contribution in [3.63, 3.8) is 0 Å². The zero-order valence-electron chi connectivity index (χ0n) is 11.7. The number of carbonyl (C=O) groups excluding carboxylic acids is 2. The zero-order valence-corrected chi connectivity index (χ0v) is 11.7. The molecular weight excluding hydrogens is 246 g/mol. The van der Waals surface area contributed by atoms with Gasteiger partial charge in [0.1, 0.15) is 0 Å². The molecule has 1 aliphatic heterocycles. The second-order valence-corrected chi connectivity index (χ2v) is 4.84. The summed E-state index contributed by atoms with van der Waals surface area (Å²) in [7, 11) is 1.59. The first-order chi connectivity index (χ1) is 9.22. The van der Waals surface area contributed by atoms with Crippen LogP contribution in [0.3, 0.4) is 0 Å². The standard InChI is InChI=1S/C13H25N3O3/c1-19-9-8-16-12(17)4-7-15-13(18)10-11-2-5-14-6-3-11/h11,14H,2-10H2,1H3,(H,15,18)(H,16,17). The number of nitrogens with one attached hydrogen (secondary N) is 3. The van der Waals surface area contributed by atoms with E-state index in [1.165, 1.54) is 0 Å². The van der Waals surface area contributed by atoms with E-state index in [0.717, 1.165) is 25.9 Å². The van der Waals surface area contributed by atoms with Crippen molar-refractivity contribution < 1.29 is 14.3 Å². The minimum atomic E-state index is -0.0563. The van der Waals surface area contributed by atoms with Gasteiger partial charge in [-0.15, -0.1) is 0 Å². The van der Waals surface area contributed by atoms with Gasteiger partial charge >= 0.3 is 0 Å². The summed E-state index contributed by atoms with van der Waals surface area (Å²) >= 11 is 0. The van der Waals surface area contributed by atoms with Crippen LogP contribution < -0.4 is 16.0 Å². The SMILES string of the molecule is COCCNC(=O)CCNC(=O)CC1CCNCC1. The molecule has 0 atom stereocenters. The van der Waals surface area contributed by atoms with Crippen LogP contribution in [0.25, 0.3) is 0 Å². The summed E-state index contributed by atoms with van der Waals surface area (Å²) in [6.45, 7) is 3.43. The van der Waals surface area contributed by atoms with E-state index >= 15 is 0 Å². The Morgan fingerprint density at radius 2 is 1.84 bits per heavy atom. The highest BCUT2D eigenvalue weighted by Crippen LogP contribution is 2.15. The van der Waals surface area contributed by atoms with Gasteiger partial charge in [-0.25, -0.2) is 0 Å². The molecule has 0 aromatic heterocycles. The van der Waals surface area contributed by atoms with Crippen molar-refractivity contribution in [2.75, 3.05) is 39.9 Å². The average Bonchev–Trinajstić information content (AvgIpc) is 2.40. The number of piperidine rings is 1. The first-order valence-corrected chi connectivity index (χ1v) is 6.95. The van der Waals surface area contributed by atoms with Gasteiger partial charge in [-0.05, 0) is 31.8 Å². The molecule has 0 spiro atoms. The lowest BCUT2D eigenvalue weighted by atomic mass is 9.94. The molecule has 0 aliphatic carbocycles. The monoisotopic (exact) mass is 271 g/mol. The number of ether oxygens (including phenoxy) is 1. The van der Waals surface area contributed by atoms with E-state index in [2.05, 4.69) is 16.0 Å². The third-order valence-electron chi connectivity index (χ3n) is 3.24. The summed E-state index contributed by atoms with van der Waals surface area (Å²) in [5.41, 5.74) is 0. The van der Waals surface area contributed by atoms with E-state index in [-0.39, 0.29) is 11.8 Å². The van der Waals surface area contributed by atoms with Crippen LogP contribution in [0, 0.1) is 5.92 Å². The highest BCUT2D eigenvalue weighted by Gasteiger charge is 2.16. The van der Waals surface area contributed by atoms with Gasteiger partial charge in [0.2, 0.25) is 11.8 Å². The van der Waals surface area contributed by atoms with Crippen molar-refractivity contribution in [1.29, 1.82) is 0 Å². The Bertz CT molecular complexity index is 278. The van der Waals surface area contributed by atoms with E-state index in [9.17, 15) is 9.59 Å². The lowest BCUT2D eigenvalue weighted by molar-refractivity contribution is -0.123. The molecule has 0 saturated carbocycles. The van der Waals surface area contributed by atoms with E-state index < -0.39 is 0 Å². The predicted molar refractivity (Wildman–Crippen MR) is 72.7 cm³/mol. The number of amides is 2. The van der Waals surface area contributed by atoms with Crippen LogP contribution in [-0.4, -0.2) is 51.7 Å². The summed E-state index contributed by atoms with van der Waals surface area (Å²) in [5, 5.41) is 8.79. The quantitative estimate of drug-likeness (QED) is 0.527. The topological polar surface area (TPSA) is 79.5 Å². The minimum Gasteiger partial charge on any atom is -0.383 e. The molecule has 1 heterocycles. The van der Waals surface area contributed by atoms with Crippen molar-refractivity contribution in [2.24, 2.45) is 5.92 Å². The second kappa shape index (κ2) is 9.75. The van der Waals surface area contributed by atoms with Gasteiger partial charge in [0.15, 0.2) is 0 Å². The third kappa shape index (κ3) is 7.79. The molecule has 0 aromatic carbocycles. The van der Waals surface area contributed by atoms with E-state index in [0.29, 0.717) is 38.5 Å². The Morgan fingerprint density at radius 1 is 1.16 bits per heavy atom. The number of hydrogen-bond donors (Lipinski definition) is 3. The van der Waals surface area contributed by atoms with Gasteiger partial charge < -0.3 is 20.7 Å². The highest BCUT2D eigenvalue weighted by molar-refractivity contribution is 5.79. The predicted octanol–water partition coefficient (Wildman–Crippen LogP) is -0.355. The smallest absolute Gasteiger partial charge is 0.221 e. The van der Waals surface area contributed by atoms with Crippen LogP contribution in [0.5, 0.6) is 0 Å². The molecule has 3 N–H and O–H groups in total. The average molecular weight is 271 g/mol. The largest absolute Gasteiger partial charge is 0.383 e. The van der Waals surface area contributed by atoms with E-state index in [1.807, 2.05) is 0 Å². The number of carbonyl (C=O) groups is 2. The molecule has 0 unspecified atom stereocenters. The minimum absolute atomic E-state index is 0.0524. The summed E-state index contributed by atoms with van der Waals surface area (Å²) in [6, 6.07) is 0. The number of hydrogen-bond acceptors (Lipinski definition) is 4. The van der Waals surface area contributed by atoms with Gasteiger partial charge in [-0.2, -0.15) is 0 Å². The molecule has 6 nitrogen and oxygen atoms in total. The number of rotatable bonds is 8. The molecule has 1 rings (SSSR count). The van der Waals surface area contributed by atoms with Crippen molar-refractivity contribution >= 4 is 11.8 Å². The maximum atomic E-state index is 11.7. The molecule has 1 saturated heterocycles. The second-order valence-electron chi connectivity index (χ2n) is 4.84. The van der Waals surface area contributed by atoms with Gasteiger partial charge in [0, 0.05) is 33.0 Å². The summed E-state index contributed by atoms with van der Waals surface area (Å²) in [6.07, 6.45) is 3.02. The fraction of sp³-hybridized carbons (Fsp3) is 0.846. The van der Waals surface area contributed by atoms with Crippen LogP contribution >= 0.6 is 0 Å². The van der Waals surface area contributed by atoms with Crippen LogP contribution in [0.4, 0.5) is 0 Å². The Morgan fingerprint density at radius 3 is 2.53 bits per heavy atom. The summed E-state index contributed by atoms with van der Waals surface area (Å²) in [5.74, 6) is 0.479. The highest BCUT2D eigenvalue weighted by atomic mass is 16.5. The molecule has 110 valence electrons. The zero-order chi connectivity index (χ0) is 13.9. The molecule has 1 aliphatic rings. The van der Waals surface area contributed by atoms with Crippen molar-refractivity contribution in [3.05, 3.63) is 0 Å². The van der Waals surface area contributed by atoms with Crippen LogP contribution in [0.1, 0.15) is 25.7 Å². The fourth-order valence-corrected chi connectivity index (χ4v) is 2.12. The number of methoxy groups -OCH3 is 1. The van der Waals surface area contributed by atoms with E-state index in [1.54, 1.807) is 7.11 Å². The maximum Gasteiger partial charge on any atom is 0.221 e. The lowest BCUT2D eigenvalue weighted by Gasteiger charge is -2.21. The Kier molecular flexibility index (Phi) is 8.16. The molecular formula is C13H25N3O3. The van der Waals surface area contributed by atoms with Gasteiger partial charge in [-0.1, -0.05) is 0 Å². The molecule has 1 fully saturated rings. The van der Waals surface area contributed by atoms with Crippen LogP contribution in [0.15, 0.2) is 0 Å². The Balaban J connectivity index is 2.01.